The lowest BCUT2D eigenvalue weighted by molar-refractivity contribution is -0.141. The molecular formula is C21H26FN3O4. The van der Waals surface area contributed by atoms with Crippen molar-refractivity contribution in [1.29, 1.82) is 0 Å². The molecule has 8 heteroatoms. The number of hydrogen-bond donors (Lipinski definition) is 0. The van der Waals surface area contributed by atoms with Crippen molar-refractivity contribution in [3.05, 3.63) is 24.1 Å². The van der Waals surface area contributed by atoms with Crippen LogP contribution in [0.4, 0.5) is 4.39 Å². The van der Waals surface area contributed by atoms with E-state index in [4.69, 9.17) is 4.74 Å². The number of carbonyl (C=O) groups excluding carboxylic acids is 3. The maximum Gasteiger partial charge on any atom is 0.250 e. The third-order valence-electron chi connectivity index (χ3n) is 6.22. The van der Waals surface area contributed by atoms with Crippen LogP contribution in [0.2, 0.25) is 0 Å². The Labute approximate surface area is 169 Å². The predicted molar refractivity (Wildman–Crippen MR) is 101 cm³/mol. The van der Waals surface area contributed by atoms with Crippen molar-refractivity contribution in [1.82, 2.24) is 14.8 Å². The predicted octanol–water partition coefficient (Wildman–Crippen LogP) is 2.16. The molecule has 156 valence electrons. The maximum atomic E-state index is 13.8. The molecule has 1 aliphatic carbocycles. The second kappa shape index (κ2) is 8.47. The number of halogens is 1. The third kappa shape index (κ3) is 4.11. The molecule has 2 aliphatic heterocycles. The first-order chi connectivity index (χ1) is 14.0. The minimum Gasteiger partial charge on any atom is -0.470 e. The van der Waals surface area contributed by atoms with Gasteiger partial charge in [0.1, 0.15) is 6.10 Å². The summed E-state index contributed by atoms with van der Waals surface area (Å²) in [4.78, 5) is 44.6. The lowest BCUT2D eigenvalue weighted by Gasteiger charge is -2.33. The summed E-state index contributed by atoms with van der Waals surface area (Å²) in [6, 6.07) is 2.78. The number of rotatable bonds is 5. The summed E-state index contributed by atoms with van der Waals surface area (Å²) in [6.45, 7) is 1.08. The van der Waals surface area contributed by atoms with E-state index in [0.717, 1.165) is 32.1 Å². The number of likely N-dealkylation sites (tertiary alicyclic amines) is 2. The van der Waals surface area contributed by atoms with Crippen molar-refractivity contribution in [3.63, 3.8) is 0 Å². The second-order valence-electron chi connectivity index (χ2n) is 8.09. The summed E-state index contributed by atoms with van der Waals surface area (Å²) in [6.07, 6.45) is 6.23. The van der Waals surface area contributed by atoms with Crippen molar-refractivity contribution < 1.29 is 23.5 Å². The van der Waals surface area contributed by atoms with E-state index in [9.17, 15) is 18.8 Å². The summed E-state index contributed by atoms with van der Waals surface area (Å²) >= 11 is 0. The third-order valence-corrected chi connectivity index (χ3v) is 6.22. The Bertz CT molecular complexity index is 778. The highest BCUT2D eigenvalue weighted by atomic mass is 19.1. The Hall–Kier alpha value is -2.51. The maximum absolute atomic E-state index is 13.8. The summed E-state index contributed by atoms with van der Waals surface area (Å²) in [5.41, 5.74) is 0. The van der Waals surface area contributed by atoms with Crippen LogP contribution >= 0.6 is 0 Å². The van der Waals surface area contributed by atoms with Crippen molar-refractivity contribution in [3.8, 4) is 5.88 Å². The molecule has 29 heavy (non-hydrogen) atoms. The van der Waals surface area contributed by atoms with Crippen molar-refractivity contribution in [2.75, 3.05) is 19.6 Å². The first-order valence-electron chi connectivity index (χ1n) is 10.4. The van der Waals surface area contributed by atoms with Gasteiger partial charge in [0.25, 0.3) is 5.88 Å². The van der Waals surface area contributed by atoms with E-state index in [1.54, 1.807) is 4.90 Å². The average molecular weight is 403 g/mol. The Balaban J connectivity index is 1.31. The van der Waals surface area contributed by atoms with Gasteiger partial charge >= 0.3 is 0 Å². The van der Waals surface area contributed by atoms with E-state index in [-0.39, 0.29) is 54.5 Å². The van der Waals surface area contributed by atoms with Gasteiger partial charge in [0, 0.05) is 25.7 Å². The van der Waals surface area contributed by atoms with Crippen LogP contribution in [0.15, 0.2) is 18.3 Å². The topological polar surface area (TPSA) is 79.8 Å². The number of piperidine rings is 1. The Morgan fingerprint density at radius 3 is 2.55 bits per heavy atom. The van der Waals surface area contributed by atoms with Gasteiger partial charge in [-0.2, -0.15) is 0 Å². The highest BCUT2D eigenvalue weighted by Crippen LogP contribution is 2.38. The van der Waals surface area contributed by atoms with Crippen molar-refractivity contribution >= 4 is 17.7 Å². The van der Waals surface area contributed by atoms with E-state index in [2.05, 4.69) is 4.98 Å². The molecule has 0 radical (unpaired) electrons. The van der Waals surface area contributed by atoms with Crippen LogP contribution in [0.1, 0.15) is 44.9 Å². The summed E-state index contributed by atoms with van der Waals surface area (Å²) in [7, 11) is 0. The highest BCUT2D eigenvalue weighted by Gasteiger charge is 2.47. The Morgan fingerprint density at radius 1 is 1.14 bits per heavy atom. The quantitative estimate of drug-likeness (QED) is 0.704. The number of nitrogens with zero attached hydrogens (tertiary/aromatic N) is 3. The average Bonchev–Trinajstić information content (AvgIpc) is 2.98. The number of hydrogen-bond acceptors (Lipinski definition) is 5. The van der Waals surface area contributed by atoms with Gasteiger partial charge in [-0.3, -0.25) is 19.3 Å². The molecule has 3 atom stereocenters. The van der Waals surface area contributed by atoms with E-state index in [1.807, 2.05) is 0 Å². The van der Waals surface area contributed by atoms with E-state index < -0.39 is 5.82 Å². The summed E-state index contributed by atoms with van der Waals surface area (Å²) < 4.78 is 19.4. The van der Waals surface area contributed by atoms with Gasteiger partial charge in [-0.15, -0.1) is 0 Å². The van der Waals surface area contributed by atoms with Gasteiger partial charge in [-0.05, 0) is 37.8 Å². The summed E-state index contributed by atoms with van der Waals surface area (Å²) in [5.74, 6) is -1.29. The number of amides is 3. The van der Waals surface area contributed by atoms with Gasteiger partial charge < -0.3 is 9.64 Å². The van der Waals surface area contributed by atoms with Crippen molar-refractivity contribution in [2.24, 2.45) is 11.8 Å². The molecule has 4 rings (SSSR count). The van der Waals surface area contributed by atoms with Gasteiger partial charge in [0.15, 0.2) is 5.82 Å². The van der Waals surface area contributed by atoms with Gasteiger partial charge in [0.05, 0.1) is 18.4 Å². The smallest absolute Gasteiger partial charge is 0.250 e. The van der Waals surface area contributed by atoms with E-state index in [0.29, 0.717) is 19.5 Å². The van der Waals surface area contributed by atoms with Crippen LogP contribution in [-0.2, 0) is 14.4 Å². The molecule has 0 aromatic carbocycles. The monoisotopic (exact) mass is 403 g/mol. The molecule has 2 saturated heterocycles. The molecule has 1 aromatic heterocycles. The molecule has 0 N–H and O–H groups in total. The number of carbonyl (C=O) groups is 3. The van der Waals surface area contributed by atoms with Crippen LogP contribution in [0.25, 0.3) is 0 Å². The molecule has 3 amide bonds. The van der Waals surface area contributed by atoms with E-state index in [1.165, 1.54) is 23.2 Å². The lowest BCUT2D eigenvalue weighted by atomic mass is 9.81. The molecule has 3 heterocycles. The fourth-order valence-electron chi connectivity index (χ4n) is 4.69. The number of pyridine rings is 1. The van der Waals surface area contributed by atoms with Crippen LogP contribution in [0.3, 0.4) is 0 Å². The number of imide groups is 1. The second-order valence-corrected chi connectivity index (χ2v) is 8.09. The summed E-state index contributed by atoms with van der Waals surface area (Å²) in [5, 5.41) is 0. The molecule has 0 spiro atoms. The molecule has 0 bridgehead atoms. The first kappa shape index (κ1) is 19.8. The molecular weight excluding hydrogens is 377 g/mol. The zero-order valence-corrected chi connectivity index (χ0v) is 16.4. The van der Waals surface area contributed by atoms with Crippen LogP contribution in [0, 0.1) is 17.7 Å². The first-order valence-corrected chi connectivity index (χ1v) is 10.4. The molecule has 1 saturated carbocycles. The van der Waals surface area contributed by atoms with Crippen LogP contribution in [-0.4, -0.2) is 58.2 Å². The molecule has 3 unspecified atom stereocenters. The van der Waals surface area contributed by atoms with Gasteiger partial charge in [-0.1, -0.05) is 12.8 Å². The standard InChI is InChI=1S/C21H26FN3O4/c22-17-8-3-10-23-19(17)29-14-5-4-11-24(13-14)18(26)9-12-25-20(27)15-6-1-2-7-16(15)21(25)28/h3,8,10,14-16H,1-2,4-7,9,11-13H2. The van der Waals surface area contributed by atoms with E-state index >= 15 is 0 Å². The molecule has 1 aromatic rings. The highest BCUT2D eigenvalue weighted by molar-refractivity contribution is 6.05. The minimum absolute atomic E-state index is 0.0531. The fraction of sp³-hybridized carbons (Fsp3) is 0.619. The number of ether oxygens (including phenoxy) is 1. The normalized spacial score (nSPS) is 27.1. The zero-order valence-electron chi connectivity index (χ0n) is 16.4. The van der Waals surface area contributed by atoms with Crippen LogP contribution in [0.5, 0.6) is 5.88 Å². The Morgan fingerprint density at radius 2 is 1.86 bits per heavy atom. The molecule has 3 aliphatic rings. The van der Waals surface area contributed by atoms with Gasteiger partial charge in [0.2, 0.25) is 17.7 Å². The lowest BCUT2D eigenvalue weighted by Crippen LogP contribution is -2.45. The Kier molecular flexibility index (Phi) is 5.78. The van der Waals surface area contributed by atoms with Crippen LogP contribution < -0.4 is 4.74 Å². The van der Waals surface area contributed by atoms with Crippen molar-refractivity contribution in [2.45, 2.75) is 51.0 Å². The largest absolute Gasteiger partial charge is 0.470 e. The fourth-order valence-corrected chi connectivity index (χ4v) is 4.69. The molecule has 7 nitrogen and oxygen atoms in total. The number of fused-ring (bicyclic) bond motifs is 1. The number of aromatic nitrogens is 1. The molecule has 3 fully saturated rings. The van der Waals surface area contributed by atoms with Gasteiger partial charge in [-0.25, -0.2) is 9.37 Å². The SMILES string of the molecule is O=C(CCN1C(=O)C2CCCCC2C1=O)N1CCCC(Oc2ncccc2F)C1. The minimum atomic E-state index is -0.525. The zero-order chi connectivity index (χ0) is 20.4.